The summed E-state index contributed by atoms with van der Waals surface area (Å²) in [7, 11) is 0. The van der Waals surface area contributed by atoms with Gasteiger partial charge in [-0.2, -0.15) is 0 Å². The zero-order valence-corrected chi connectivity index (χ0v) is 11.3. The summed E-state index contributed by atoms with van der Waals surface area (Å²) < 4.78 is 1.14. The normalized spacial score (nSPS) is 12.6. The maximum atomic E-state index is 4.06. The molecule has 5 heteroatoms. The molecule has 0 aliphatic heterocycles. The van der Waals surface area contributed by atoms with Crippen LogP contribution in [0.15, 0.2) is 34.6 Å². The molecule has 2 aromatic heterocycles. The number of halogens is 1. The van der Waals surface area contributed by atoms with E-state index in [0.717, 1.165) is 15.9 Å². The van der Waals surface area contributed by atoms with E-state index in [-0.39, 0.29) is 6.04 Å². The van der Waals surface area contributed by atoms with Gasteiger partial charge in [0.15, 0.2) is 0 Å². The van der Waals surface area contributed by atoms with Crippen LogP contribution in [0.1, 0.15) is 23.4 Å². The fourth-order valence-corrected chi connectivity index (χ4v) is 3.06. The van der Waals surface area contributed by atoms with Crippen LogP contribution in [0, 0.1) is 0 Å². The number of thiophene rings is 1. The molecule has 2 aromatic rings. The molecule has 2 rings (SSSR count). The molecular formula is C11H12BrN3S. The van der Waals surface area contributed by atoms with Crippen molar-refractivity contribution < 1.29 is 0 Å². The SMILES string of the molecule is CCNC(c1cncnc1)c1ccc(Br)s1. The van der Waals surface area contributed by atoms with E-state index in [2.05, 4.69) is 50.3 Å². The Morgan fingerprint density at radius 3 is 2.69 bits per heavy atom. The van der Waals surface area contributed by atoms with Crippen molar-refractivity contribution in [3.8, 4) is 0 Å². The van der Waals surface area contributed by atoms with Gasteiger partial charge in [-0.25, -0.2) is 9.97 Å². The molecule has 0 radical (unpaired) electrons. The summed E-state index contributed by atoms with van der Waals surface area (Å²) in [5, 5.41) is 3.44. The topological polar surface area (TPSA) is 37.8 Å². The quantitative estimate of drug-likeness (QED) is 0.943. The summed E-state index contributed by atoms with van der Waals surface area (Å²) in [4.78, 5) is 9.39. The number of aromatic nitrogens is 2. The third kappa shape index (κ3) is 2.66. The second kappa shape index (κ2) is 5.52. The summed E-state index contributed by atoms with van der Waals surface area (Å²) in [6.45, 7) is 3.01. The third-order valence-electron chi connectivity index (χ3n) is 2.20. The van der Waals surface area contributed by atoms with Crippen LogP contribution in [0.4, 0.5) is 0 Å². The summed E-state index contributed by atoms with van der Waals surface area (Å²) in [5.74, 6) is 0. The molecule has 0 aliphatic rings. The van der Waals surface area contributed by atoms with E-state index in [4.69, 9.17) is 0 Å². The second-order valence-corrected chi connectivity index (χ2v) is 5.80. The smallest absolute Gasteiger partial charge is 0.115 e. The molecular weight excluding hydrogens is 286 g/mol. The van der Waals surface area contributed by atoms with E-state index in [1.165, 1.54) is 4.88 Å². The van der Waals surface area contributed by atoms with Gasteiger partial charge in [0, 0.05) is 22.8 Å². The van der Waals surface area contributed by atoms with Crippen LogP contribution < -0.4 is 5.32 Å². The van der Waals surface area contributed by atoms with Crippen LogP contribution in [-0.4, -0.2) is 16.5 Å². The van der Waals surface area contributed by atoms with Gasteiger partial charge in [-0.05, 0) is 34.6 Å². The number of nitrogens with one attached hydrogen (secondary N) is 1. The van der Waals surface area contributed by atoms with E-state index >= 15 is 0 Å². The minimum atomic E-state index is 0.183. The Bertz CT molecular complexity index is 444. The lowest BCUT2D eigenvalue weighted by Crippen LogP contribution is -2.21. The summed E-state index contributed by atoms with van der Waals surface area (Å²) >= 11 is 5.21. The highest BCUT2D eigenvalue weighted by Gasteiger charge is 2.15. The Morgan fingerprint density at radius 2 is 2.12 bits per heavy atom. The van der Waals surface area contributed by atoms with E-state index in [0.29, 0.717) is 0 Å². The molecule has 0 saturated heterocycles. The summed E-state index contributed by atoms with van der Waals surface area (Å²) in [6.07, 6.45) is 5.26. The van der Waals surface area contributed by atoms with Crippen molar-refractivity contribution in [2.45, 2.75) is 13.0 Å². The number of rotatable bonds is 4. The van der Waals surface area contributed by atoms with Crippen molar-refractivity contribution >= 4 is 27.3 Å². The van der Waals surface area contributed by atoms with Crippen LogP contribution >= 0.6 is 27.3 Å². The first kappa shape index (κ1) is 11.7. The highest BCUT2D eigenvalue weighted by Crippen LogP contribution is 2.30. The molecule has 0 spiro atoms. The molecule has 84 valence electrons. The molecule has 0 aliphatic carbocycles. The predicted octanol–water partition coefficient (Wildman–Crippen LogP) is 3.00. The third-order valence-corrected chi connectivity index (χ3v) is 3.89. The van der Waals surface area contributed by atoms with Crippen molar-refractivity contribution in [1.82, 2.24) is 15.3 Å². The van der Waals surface area contributed by atoms with Gasteiger partial charge in [-0.15, -0.1) is 11.3 Å². The molecule has 1 N–H and O–H groups in total. The van der Waals surface area contributed by atoms with E-state index < -0.39 is 0 Å². The minimum Gasteiger partial charge on any atom is -0.306 e. The molecule has 0 amide bonds. The Morgan fingerprint density at radius 1 is 1.38 bits per heavy atom. The highest BCUT2D eigenvalue weighted by molar-refractivity contribution is 9.11. The molecule has 1 unspecified atom stereocenters. The zero-order valence-electron chi connectivity index (χ0n) is 8.85. The molecule has 0 fully saturated rings. The maximum absolute atomic E-state index is 4.06. The molecule has 1 atom stereocenters. The summed E-state index contributed by atoms with van der Waals surface area (Å²) in [5.41, 5.74) is 1.10. The number of hydrogen-bond acceptors (Lipinski definition) is 4. The van der Waals surface area contributed by atoms with E-state index in [9.17, 15) is 0 Å². The lowest BCUT2D eigenvalue weighted by Gasteiger charge is -2.15. The van der Waals surface area contributed by atoms with Gasteiger partial charge in [-0.1, -0.05) is 6.92 Å². The standard InChI is InChI=1S/C11H12BrN3S/c1-2-15-11(8-5-13-7-14-6-8)9-3-4-10(12)16-9/h3-7,11,15H,2H2,1H3. The fourth-order valence-electron chi connectivity index (χ4n) is 1.53. The summed E-state index contributed by atoms with van der Waals surface area (Å²) in [6, 6.07) is 4.37. The van der Waals surface area contributed by atoms with Gasteiger partial charge < -0.3 is 5.32 Å². The molecule has 0 saturated carbocycles. The van der Waals surface area contributed by atoms with Crippen LogP contribution in [0.5, 0.6) is 0 Å². The van der Waals surface area contributed by atoms with Crippen LogP contribution in [-0.2, 0) is 0 Å². The Hall–Kier alpha value is -0.780. The number of nitrogens with zero attached hydrogens (tertiary/aromatic N) is 2. The van der Waals surface area contributed by atoms with Crippen LogP contribution in [0.25, 0.3) is 0 Å². The number of hydrogen-bond donors (Lipinski definition) is 1. The van der Waals surface area contributed by atoms with Crippen molar-refractivity contribution in [3.05, 3.63) is 45.1 Å². The van der Waals surface area contributed by atoms with Gasteiger partial charge in [0.05, 0.1) is 9.83 Å². The Balaban J connectivity index is 2.31. The van der Waals surface area contributed by atoms with Crippen molar-refractivity contribution in [2.24, 2.45) is 0 Å². The maximum Gasteiger partial charge on any atom is 0.115 e. The molecule has 2 heterocycles. The van der Waals surface area contributed by atoms with Gasteiger partial charge >= 0.3 is 0 Å². The monoisotopic (exact) mass is 297 g/mol. The lowest BCUT2D eigenvalue weighted by molar-refractivity contribution is 0.635. The average Bonchev–Trinajstić information content (AvgIpc) is 2.74. The first-order chi connectivity index (χ1) is 7.81. The Labute approximate surface area is 107 Å². The zero-order chi connectivity index (χ0) is 11.4. The highest BCUT2D eigenvalue weighted by atomic mass is 79.9. The minimum absolute atomic E-state index is 0.183. The largest absolute Gasteiger partial charge is 0.306 e. The van der Waals surface area contributed by atoms with Crippen LogP contribution in [0.2, 0.25) is 0 Å². The first-order valence-electron chi connectivity index (χ1n) is 5.04. The average molecular weight is 298 g/mol. The first-order valence-corrected chi connectivity index (χ1v) is 6.65. The molecule has 16 heavy (non-hydrogen) atoms. The van der Waals surface area contributed by atoms with Gasteiger partial charge in [0.1, 0.15) is 6.33 Å². The van der Waals surface area contributed by atoms with Gasteiger partial charge in [-0.3, -0.25) is 0 Å². The Kier molecular flexibility index (Phi) is 4.04. The van der Waals surface area contributed by atoms with Gasteiger partial charge in [0.25, 0.3) is 0 Å². The van der Waals surface area contributed by atoms with Crippen molar-refractivity contribution in [2.75, 3.05) is 6.54 Å². The second-order valence-electron chi connectivity index (χ2n) is 3.30. The lowest BCUT2D eigenvalue weighted by atomic mass is 10.1. The predicted molar refractivity (Wildman–Crippen MR) is 69.6 cm³/mol. The molecule has 0 aromatic carbocycles. The molecule has 3 nitrogen and oxygen atoms in total. The van der Waals surface area contributed by atoms with E-state index in [1.54, 1.807) is 17.7 Å². The van der Waals surface area contributed by atoms with Crippen molar-refractivity contribution in [3.63, 3.8) is 0 Å². The van der Waals surface area contributed by atoms with Crippen LogP contribution in [0.3, 0.4) is 0 Å². The van der Waals surface area contributed by atoms with E-state index in [1.807, 2.05) is 12.4 Å². The van der Waals surface area contributed by atoms with Crippen molar-refractivity contribution in [1.29, 1.82) is 0 Å². The molecule has 0 bridgehead atoms. The fraction of sp³-hybridized carbons (Fsp3) is 0.273. The van der Waals surface area contributed by atoms with Gasteiger partial charge in [0.2, 0.25) is 0 Å².